The Labute approximate surface area is 108 Å². The van der Waals surface area contributed by atoms with Gasteiger partial charge in [-0.3, -0.25) is 4.79 Å². The first-order chi connectivity index (χ1) is 8.81. The lowest BCUT2D eigenvalue weighted by molar-refractivity contribution is 0.103. The van der Waals surface area contributed by atoms with Gasteiger partial charge in [0.2, 0.25) is 0 Å². The molecule has 0 atom stereocenters. The summed E-state index contributed by atoms with van der Waals surface area (Å²) >= 11 is 0. The van der Waals surface area contributed by atoms with Gasteiger partial charge in [0.1, 0.15) is 0 Å². The molecule has 0 N–H and O–H groups in total. The van der Waals surface area contributed by atoms with Crippen molar-refractivity contribution in [1.29, 1.82) is 0 Å². The molecule has 2 rings (SSSR count). The third-order valence-corrected chi connectivity index (χ3v) is 3.07. The second-order valence-corrected chi connectivity index (χ2v) is 4.50. The van der Waals surface area contributed by atoms with Gasteiger partial charge in [0.25, 0.3) is 0 Å². The standard InChI is InChI=1S/C17H18O/c1-2-3-7-14-10-12-16(13-11-14)17(18)15-8-5-4-6-9-15/h4-6,8-13H,2-3,7H2,1H3. The highest BCUT2D eigenvalue weighted by molar-refractivity contribution is 6.08. The second-order valence-electron chi connectivity index (χ2n) is 4.50. The predicted octanol–water partition coefficient (Wildman–Crippen LogP) is 4.26. The minimum absolute atomic E-state index is 0.0950. The minimum Gasteiger partial charge on any atom is -0.289 e. The summed E-state index contributed by atoms with van der Waals surface area (Å²) in [6, 6.07) is 17.4. The van der Waals surface area contributed by atoms with E-state index in [0.29, 0.717) is 0 Å². The van der Waals surface area contributed by atoms with Crippen molar-refractivity contribution in [1.82, 2.24) is 0 Å². The van der Waals surface area contributed by atoms with Crippen molar-refractivity contribution in [2.75, 3.05) is 0 Å². The van der Waals surface area contributed by atoms with E-state index < -0.39 is 0 Å². The lowest BCUT2D eigenvalue weighted by atomic mass is 10.0. The highest BCUT2D eigenvalue weighted by atomic mass is 16.1. The molecule has 0 fully saturated rings. The lowest BCUT2D eigenvalue weighted by Gasteiger charge is -2.03. The molecule has 0 spiro atoms. The Balaban J connectivity index is 2.12. The van der Waals surface area contributed by atoms with Crippen LogP contribution in [0.3, 0.4) is 0 Å². The Hall–Kier alpha value is -1.89. The molecule has 1 nitrogen and oxygen atoms in total. The van der Waals surface area contributed by atoms with Gasteiger partial charge < -0.3 is 0 Å². The van der Waals surface area contributed by atoms with Crippen LogP contribution >= 0.6 is 0 Å². The molecule has 0 bridgehead atoms. The van der Waals surface area contributed by atoms with Crippen LogP contribution in [0.4, 0.5) is 0 Å². The van der Waals surface area contributed by atoms with Crippen molar-refractivity contribution in [3.63, 3.8) is 0 Å². The van der Waals surface area contributed by atoms with Gasteiger partial charge in [0, 0.05) is 11.1 Å². The molecule has 0 aliphatic rings. The van der Waals surface area contributed by atoms with E-state index in [4.69, 9.17) is 0 Å². The fourth-order valence-corrected chi connectivity index (χ4v) is 1.96. The van der Waals surface area contributed by atoms with Gasteiger partial charge in [-0.1, -0.05) is 67.9 Å². The van der Waals surface area contributed by atoms with E-state index in [1.807, 2.05) is 42.5 Å². The van der Waals surface area contributed by atoms with Gasteiger partial charge in [0.15, 0.2) is 5.78 Å². The molecular formula is C17H18O. The van der Waals surface area contributed by atoms with Crippen molar-refractivity contribution in [3.05, 3.63) is 71.3 Å². The number of unbranched alkanes of at least 4 members (excludes halogenated alkanes) is 1. The van der Waals surface area contributed by atoms with Crippen LogP contribution in [-0.2, 0) is 6.42 Å². The summed E-state index contributed by atoms with van der Waals surface area (Å²) in [4.78, 5) is 12.2. The molecule has 2 aromatic rings. The van der Waals surface area contributed by atoms with Crippen LogP contribution in [0.2, 0.25) is 0 Å². The van der Waals surface area contributed by atoms with E-state index in [2.05, 4.69) is 19.1 Å². The number of ketones is 1. The molecule has 92 valence electrons. The summed E-state index contributed by atoms with van der Waals surface area (Å²) in [5, 5.41) is 0. The maximum Gasteiger partial charge on any atom is 0.193 e. The summed E-state index contributed by atoms with van der Waals surface area (Å²) in [6.07, 6.45) is 3.49. The van der Waals surface area contributed by atoms with Crippen LogP contribution in [-0.4, -0.2) is 5.78 Å². The minimum atomic E-state index is 0.0950. The van der Waals surface area contributed by atoms with E-state index in [1.54, 1.807) is 0 Å². The number of carbonyl (C=O) groups is 1. The number of hydrogen-bond acceptors (Lipinski definition) is 1. The van der Waals surface area contributed by atoms with Crippen LogP contribution in [0.1, 0.15) is 41.3 Å². The first-order valence-electron chi connectivity index (χ1n) is 6.50. The zero-order valence-electron chi connectivity index (χ0n) is 10.7. The topological polar surface area (TPSA) is 17.1 Å². The Bertz CT molecular complexity index is 497. The number of rotatable bonds is 5. The molecule has 0 heterocycles. The molecule has 2 aromatic carbocycles. The second kappa shape index (κ2) is 6.15. The van der Waals surface area contributed by atoms with E-state index in [9.17, 15) is 4.79 Å². The summed E-state index contributed by atoms with van der Waals surface area (Å²) in [7, 11) is 0. The van der Waals surface area contributed by atoms with Gasteiger partial charge in [-0.25, -0.2) is 0 Å². The third-order valence-electron chi connectivity index (χ3n) is 3.07. The quantitative estimate of drug-likeness (QED) is 0.711. The largest absolute Gasteiger partial charge is 0.289 e. The van der Waals surface area contributed by atoms with E-state index in [1.165, 1.54) is 18.4 Å². The van der Waals surface area contributed by atoms with Crippen LogP contribution in [0, 0.1) is 0 Å². The van der Waals surface area contributed by atoms with E-state index in [-0.39, 0.29) is 5.78 Å². The number of aryl methyl sites for hydroxylation is 1. The van der Waals surface area contributed by atoms with Gasteiger partial charge in [0.05, 0.1) is 0 Å². The molecule has 0 aliphatic carbocycles. The van der Waals surface area contributed by atoms with Gasteiger partial charge >= 0.3 is 0 Å². The number of benzene rings is 2. The van der Waals surface area contributed by atoms with Crippen molar-refractivity contribution in [2.24, 2.45) is 0 Å². The fourth-order valence-electron chi connectivity index (χ4n) is 1.96. The Morgan fingerprint density at radius 3 is 2.11 bits per heavy atom. The molecule has 0 radical (unpaired) electrons. The average molecular weight is 238 g/mol. The Morgan fingerprint density at radius 2 is 1.50 bits per heavy atom. The molecular weight excluding hydrogens is 220 g/mol. The van der Waals surface area contributed by atoms with Gasteiger partial charge in [-0.15, -0.1) is 0 Å². The Kier molecular flexibility index (Phi) is 4.30. The van der Waals surface area contributed by atoms with Crippen molar-refractivity contribution >= 4 is 5.78 Å². The molecule has 0 unspecified atom stereocenters. The summed E-state index contributed by atoms with van der Waals surface area (Å²) < 4.78 is 0. The monoisotopic (exact) mass is 238 g/mol. The first kappa shape index (κ1) is 12.6. The molecule has 0 saturated heterocycles. The third kappa shape index (κ3) is 3.07. The van der Waals surface area contributed by atoms with Gasteiger partial charge in [-0.05, 0) is 18.4 Å². The maximum atomic E-state index is 12.2. The number of hydrogen-bond donors (Lipinski definition) is 0. The molecule has 0 saturated carbocycles. The SMILES string of the molecule is CCCCc1ccc(C(=O)c2ccccc2)cc1. The molecule has 1 heteroatoms. The molecule has 18 heavy (non-hydrogen) atoms. The van der Waals surface area contributed by atoms with Crippen molar-refractivity contribution in [2.45, 2.75) is 26.2 Å². The average Bonchev–Trinajstić information content (AvgIpc) is 2.46. The normalized spacial score (nSPS) is 10.3. The maximum absolute atomic E-state index is 12.2. The Morgan fingerprint density at radius 1 is 0.889 bits per heavy atom. The van der Waals surface area contributed by atoms with Crippen molar-refractivity contribution < 1.29 is 4.79 Å². The first-order valence-corrected chi connectivity index (χ1v) is 6.50. The predicted molar refractivity (Wildman–Crippen MR) is 74.9 cm³/mol. The molecule has 0 aromatic heterocycles. The summed E-state index contributed by atoms with van der Waals surface area (Å²) in [5.74, 6) is 0.0950. The zero-order chi connectivity index (χ0) is 12.8. The zero-order valence-corrected chi connectivity index (χ0v) is 10.7. The van der Waals surface area contributed by atoms with Crippen LogP contribution < -0.4 is 0 Å². The van der Waals surface area contributed by atoms with E-state index >= 15 is 0 Å². The van der Waals surface area contributed by atoms with Gasteiger partial charge in [-0.2, -0.15) is 0 Å². The van der Waals surface area contributed by atoms with Crippen LogP contribution in [0.5, 0.6) is 0 Å². The van der Waals surface area contributed by atoms with E-state index in [0.717, 1.165) is 17.5 Å². The molecule has 0 amide bonds. The van der Waals surface area contributed by atoms with Crippen LogP contribution in [0.15, 0.2) is 54.6 Å². The number of carbonyl (C=O) groups excluding carboxylic acids is 1. The molecule has 0 aliphatic heterocycles. The summed E-state index contributed by atoms with van der Waals surface area (Å²) in [5.41, 5.74) is 2.82. The highest BCUT2D eigenvalue weighted by Gasteiger charge is 2.07. The smallest absolute Gasteiger partial charge is 0.193 e. The van der Waals surface area contributed by atoms with Crippen molar-refractivity contribution in [3.8, 4) is 0 Å². The lowest BCUT2D eigenvalue weighted by Crippen LogP contribution is -2.00. The summed E-state index contributed by atoms with van der Waals surface area (Å²) in [6.45, 7) is 2.19. The van der Waals surface area contributed by atoms with Crippen LogP contribution in [0.25, 0.3) is 0 Å². The highest BCUT2D eigenvalue weighted by Crippen LogP contribution is 2.12. The fraction of sp³-hybridized carbons (Fsp3) is 0.235.